The van der Waals surface area contributed by atoms with Crippen molar-refractivity contribution < 1.29 is 17.6 Å². The molecule has 8 nitrogen and oxygen atoms in total. The predicted octanol–water partition coefficient (Wildman–Crippen LogP) is 4.06. The maximum atomic E-state index is 14.3. The van der Waals surface area contributed by atoms with Crippen molar-refractivity contribution in [1.29, 1.82) is 0 Å². The summed E-state index contributed by atoms with van der Waals surface area (Å²) in [7, 11) is -1.85. The number of rotatable bonds is 5. The van der Waals surface area contributed by atoms with Crippen molar-refractivity contribution in [3.63, 3.8) is 0 Å². The molecule has 1 unspecified atom stereocenters. The highest BCUT2D eigenvalue weighted by molar-refractivity contribution is 7.92. The Balaban J connectivity index is 1.43. The molecule has 0 amide bonds. The maximum absolute atomic E-state index is 14.3. The zero-order chi connectivity index (χ0) is 26.7. The number of halogens is 1. The van der Waals surface area contributed by atoms with Crippen molar-refractivity contribution in [2.75, 3.05) is 0 Å². The summed E-state index contributed by atoms with van der Waals surface area (Å²) in [5.74, 6) is -0.582. The summed E-state index contributed by atoms with van der Waals surface area (Å²) in [5, 5.41) is 8.08. The zero-order valence-corrected chi connectivity index (χ0v) is 22.0. The fraction of sp³-hybridized carbons (Fsp3) is 0.357. The Labute approximate surface area is 220 Å². The zero-order valence-electron chi connectivity index (χ0n) is 21.2. The van der Waals surface area contributed by atoms with Crippen molar-refractivity contribution in [3.8, 4) is 5.69 Å². The van der Waals surface area contributed by atoms with Crippen LogP contribution in [0.3, 0.4) is 0 Å². The number of hydrogen-bond donors (Lipinski definition) is 0. The molecule has 2 aliphatic carbocycles. The fourth-order valence-electron chi connectivity index (χ4n) is 6.23. The van der Waals surface area contributed by atoms with Gasteiger partial charge in [0.25, 0.3) is 0 Å². The average molecular weight is 534 g/mol. The van der Waals surface area contributed by atoms with E-state index >= 15 is 0 Å². The van der Waals surface area contributed by atoms with Gasteiger partial charge in [-0.15, -0.1) is 5.10 Å². The number of carbonyl (C=O) groups excluding carboxylic acids is 1. The van der Waals surface area contributed by atoms with Crippen LogP contribution in [0.4, 0.5) is 4.39 Å². The lowest BCUT2D eigenvalue weighted by Crippen LogP contribution is -2.51. The van der Waals surface area contributed by atoms with Crippen LogP contribution in [-0.4, -0.2) is 44.0 Å². The molecular weight excluding hydrogens is 505 g/mol. The lowest BCUT2D eigenvalue weighted by Gasteiger charge is -2.47. The van der Waals surface area contributed by atoms with E-state index in [4.69, 9.17) is 0 Å². The van der Waals surface area contributed by atoms with Crippen molar-refractivity contribution in [3.05, 3.63) is 89.5 Å². The predicted molar refractivity (Wildman–Crippen MR) is 138 cm³/mol. The Bertz CT molecular complexity index is 1640. The number of benzene rings is 1. The Morgan fingerprint density at radius 1 is 1.13 bits per heavy atom. The number of carbonyl (C=O) groups is 1. The first kappa shape index (κ1) is 24.7. The van der Waals surface area contributed by atoms with Gasteiger partial charge in [-0.1, -0.05) is 5.21 Å². The molecule has 3 aromatic heterocycles. The minimum Gasteiger partial charge on any atom is -0.356 e. The number of aromatic nitrogens is 5. The molecule has 196 valence electrons. The molecule has 0 aliphatic heterocycles. The molecule has 3 atom stereocenters. The van der Waals surface area contributed by atoms with Crippen molar-refractivity contribution in [2.24, 2.45) is 18.4 Å². The summed E-state index contributed by atoms with van der Waals surface area (Å²) in [6.07, 6.45) is 7.00. The number of hydrogen-bond acceptors (Lipinski definition) is 6. The average Bonchev–Trinajstić information content (AvgIpc) is 3.53. The first-order valence-electron chi connectivity index (χ1n) is 12.7. The van der Waals surface area contributed by atoms with Gasteiger partial charge in [-0.2, -0.15) is 0 Å². The smallest absolute Gasteiger partial charge is 0.188 e. The normalized spacial score (nSPS) is 23.0. The monoisotopic (exact) mass is 533 g/mol. The molecule has 1 aromatic carbocycles. The van der Waals surface area contributed by atoms with Gasteiger partial charge in [-0.3, -0.25) is 9.78 Å². The maximum Gasteiger partial charge on any atom is 0.188 e. The molecule has 3 heterocycles. The Morgan fingerprint density at radius 2 is 1.92 bits per heavy atom. The van der Waals surface area contributed by atoms with Gasteiger partial charge in [0.15, 0.2) is 15.6 Å². The quantitative estimate of drug-likeness (QED) is 0.359. The van der Waals surface area contributed by atoms with Crippen LogP contribution in [0, 0.1) is 24.1 Å². The highest BCUT2D eigenvalue weighted by Crippen LogP contribution is 2.52. The Kier molecular flexibility index (Phi) is 5.82. The fourth-order valence-corrected chi connectivity index (χ4v) is 8.14. The van der Waals surface area contributed by atoms with Gasteiger partial charge < -0.3 is 4.57 Å². The number of fused-ring (bicyclic) bond motifs is 2. The number of Topliss-reactive ketones (excluding diaryl/α,β-unsaturated/α-hetero) is 1. The van der Waals surface area contributed by atoms with Gasteiger partial charge in [0, 0.05) is 37.5 Å². The van der Waals surface area contributed by atoms with Gasteiger partial charge >= 0.3 is 0 Å². The summed E-state index contributed by atoms with van der Waals surface area (Å²) < 4.78 is 44.3. The molecule has 0 saturated heterocycles. The van der Waals surface area contributed by atoms with Crippen LogP contribution in [0.2, 0.25) is 0 Å². The van der Waals surface area contributed by atoms with E-state index in [1.54, 1.807) is 59.2 Å². The van der Waals surface area contributed by atoms with E-state index in [0.29, 0.717) is 36.3 Å². The van der Waals surface area contributed by atoms with E-state index < -0.39 is 20.5 Å². The van der Waals surface area contributed by atoms with Crippen molar-refractivity contribution >= 4 is 15.6 Å². The van der Waals surface area contributed by atoms with E-state index in [0.717, 1.165) is 11.3 Å². The molecule has 1 fully saturated rings. The molecular formula is C28H28FN5O3S. The second kappa shape index (κ2) is 8.97. The molecule has 10 heteroatoms. The topological polar surface area (TPSA) is 99.7 Å². The minimum absolute atomic E-state index is 0.107. The van der Waals surface area contributed by atoms with Gasteiger partial charge in [0.2, 0.25) is 0 Å². The second-order valence-corrected chi connectivity index (χ2v) is 12.8. The van der Waals surface area contributed by atoms with Gasteiger partial charge in [0.05, 0.1) is 27.2 Å². The molecule has 0 spiro atoms. The van der Waals surface area contributed by atoms with E-state index in [2.05, 4.69) is 15.3 Å². The Morgan fingerprint density at radius 3 is 2.63 bits per heavy atom. The largest absolute Gasteiger partial charge is 0.356 e. The molecule has 0 N–H and O–H groups in total. The van der Waals surface area contributed by atoms with E-state index in [-0.39, 0.29) is 35.3 Å². The highest BCUT2D eigenvalue weighted by atomic mass is 32.2. The summed E-state index contributed by atoms with van der Waals surface area (Å²) in [6, 6.07) is 11.3. The standard InChI is InChI=1S/C28H28FN5O3S/c1-18-9-11-30-24(13-18)27(35)28-15-22(38(36,37)23-10-12-33(2)17-23)8-3-19(28)14-26-25(16-28)31-32-34(26)21-6-4-20(29)5-7-21/h4-7,9-13,17,19,22H,3,8,14-16H2,1-2H3/t19?,22-,28+/m0/s1. The number of aryl methyl sites for hydroxylation is 2. The lowest BCUT2D eigenvalue weighted by molar-refractivity contribution is 0.0483. The van der Waals surface area contributed by atoms with Crippen LogP contribution in [0.25, 0.3) is 5.69 Å². The van der Waals surface area contributed by atoms with E-state index in [9.17, 15) is 17.6 Å². The van der Waals surface area contributed by atoms with Gasteiger partial charge in [-0.05, 0) is 86.6 Å². The van der Waals surface area contributed by atoms with Crippen LogP contribution >= 0.6 is 0 Å². The van der Waals surface area contributed by atoms with Crippen LogP contribution in [-0.2, 0) is 29.7 Å². The Hall–Kier alpha value is -3.66. The number of pyridine rings is 1. The third-order valence-electron chi connectivity index (χ3n) is 8.22. The third kappa shape index (κ3) is 3.98. The number of ketones is 1. The van der Waals surface area contributed by atoms with Crippen molar-refractivity contribution in [1.82, 2.24) is 24.5 Å². The summed E-state index contributed by atoms with van der Waals surface area (Å²) in [4.78, 5) is 19.0. The molecule has 38 heavy (non-hydrogen) atoms. The minimum atomic E-state index is -3.64. The second-order valence-electron chi connectivity index (χ2n) is 10.6. The molecule has 0 radical (unpaired) electrons. The highest BCUT2D eigenvalue weighted by Gasteiger charge is 2.55. The van der Waals surface area contributed by atoms with E-state index in [1.807, 2.05) is 13.0 Å². The molecule has 0 bridgehead atoms. The molecule has 4 aromatic rings. The van der Waals surface area contributed by atoms with Crippen LogP contribution in [0.15, 0.2) is 66.0 Å². The van der Waals surface area contributed by atoms with Crippen molar-refractivity contribution in [2.45, 2.75) is 49.2 Å². The van der Waals surface area contributed by atoms with Gasteiger partial charge in [0.1, 0.15) is 11.5 Å². The number of nitrogens with zero attached hydrogens (tertiary/aromatic N) is 5. The third-order valence-corrected chi connectivity index (χ3v) is 10.4. The van der Waals surface area contributed by atoms with Crippen LogP contribution in [0.5, 0.6) is 0 Å². The van der Waals surface area contributed by atoms with Crippen LogP contribution in [0.1, 0.15) is 46.7 Å². The summed E-state index contributed by atoms with van der Waals surface area (Å²) in [6.45, 7) is 1.91. The summed E-state index contributed by atoms with van der Waals surface area (Å²) in [5.41, 5.74) is 2.54. The first-order chi connectivity index (χ1) is 18.2. The van der Waals surface area contributed by atoms with E-state index in [1.165, 1.54) is 12.1 Å². The van der Waals surface area contributed by atoms with Crippen LogP contribution < -0.4 is 0 Å². The van der Waals surface area contributed by atoms with Gasteiger partial charge in [-0.25, -0.2) is 17.5 Å². The molecule has 2 aliphatic rings. The molecule has 1 saturated carbocycles. The molecule has 6 rings (SSSR count). The number of sulfone groups is 1. The first-order valence-corrected chi connectivity index (χ1v) is 14.2. The SMILES string of the molecule is Cc1ccnc(C(=O)[C@]23Cc4nnn(-c5ccc(F)cc5)c4CC2CC[C@H](S(=O)(=O)c2ccn(C)c2)C3)c1. The summed E-state index contributed by atoms with van der Waals surface area (Å²) >= 11 is 0. The lowest BCUT2D eigenvalue weighted by atomic mass is 9.57.